The maximum absolute atomic E-state index is 13.1. The number of rotatable bonds is 6. The molecule has 1 spiro atoms. The molecule has 3 fully saturated rings. The summed E-state index contributed by atoms with van der Waals surface area (Å²) in [6.45, 7) is 2.64. The summed E-state index contributed by atoms with van der Waals surface area (Å²) in [5.41, 5.74) is 2.00. The van der Waals surface area contributed by atoms with Crippen LogP contribution in [0.1, 0.15) is 56.1 Å². The molecule has 3 aromatic rings. The van der Waals surface area contributed by atoms with E-state index in [1.807, 2.05) is 24.5 Å². The van der Waals surface area contributed by atoms with Crippen molar-refractivity contribution in [3.63, 3.8) is 0 Å². The fourth-order valence-electron chi connectivity index (χ4n) is 5.44. The van der Waals surface area contributed by atoms with Crippen molar-refractivity contribution in [2.45, 2.75) is 57.4 Å². The van der Waals surface area contributed by atoms with E-state index in [4.69, 9.17) is 11.6 Å². The predicted octanol–water partition coefficient (Wildman–Crippen LogP) is 3.95. The summed E-state index contributed by atoms with van der Waals surface area (Å²) in [5.74, 6) is 3.23. The Bertz CT molecular complexity index is 1130. The summed E-state index contributed by atoms with van der Waals surface area (Å²) < 4.78 is 2.26. The van der Waals surface area contributed by atoms with E-state index in [9.17, 15) is 4.79 Å². The van der Waals surface area contributed by atoms with Gasteiger partial charge in [-0.05, 0) is 55.2 Å². The highest BCUT2D eigenvalue weighted by molar-refractivity contribution is 6.31. The topological polar surface area (TPSA) is 79.7 Å². The number of carbonyl (C=O) groups excluding carboxylic acids is 1. The van der Waals surface area contributed by atoms with Gasteiger partial charge in [0.1, 0.15) is 18.0 Å². The lowest BCUT2D eigenvalue weighted by Crippen LogP contribution is -2.38. The van der Waals surface area contributed by atoms with Crippen LogP contribution < -0.4 is 0 Å². The van der Waals surface area contributed by atoms with Crippen molar-refractivity contribution in [3.8, 4) is 0 Å². The fourth-order valence-corrected chi connectivity index (χ4v) is 5.61. The maximum atomic E-state index is 13.1. The number of aromatic nitrogens is 5. The zero-order valence-corrected chi connectivity index (χ0v) is 18.3. The normalized spacial score (nSPS) is 22.4. The fraction of sp³-hybridized carbons (Fsp3) is 0.565. The largest absolute Gasteiger partial charge is 0.342 e. The molecule has 1 amide bonds. The summed E-state index contributed by atoms with van der Waals surface area (Å²) in [6.07, 6.45) is 9.19. The number of carbonyl (C=O) groups is 1. The lowest BCUT2D eigenvalue weighted by Gasteiger charge is -2.42. The number of aryl methyl sites for hydroxylation is 1. The summed E-state index contributed by atoms with van der Waals surface area (Å²) in [5, 5.41) is 9.44. The van der Waals surface area contributed by atoms with Crippen LogP contribution >= 0.6 is 11.6 Å². The molecule has 162 valence electrons. The van der Waals surface area contributed by atoms with Gasteiger partial charge in [0.15, 0.2) is 0 Å². The quantitative estimate of drug-likeness (QED) is 0.632. The predicted molar refractivity (Wildman–Crippen MR) is 118 cm³/mol. The SMILES string of the molecule is O=C(CCc1nc2ccc(Cl)cc2[nH]1)N1CC(c2nncn2CC2CC2)C2(CCC2)C1. The third kappa shape index (κ3) is 3.53. The molecule has 0 bridgehead atoms. The van der Waals surface area contributed by atoms with Crippen molar-refractivity contribution >= 4 is 28.5 Å². The molecule has 2 aromatic heterocycles. The van der Waals surface area contributed by atoms with Gasteiger partial charge < -0.3 is 14.5 Å². The Labute approximate surface area is 186 Å². The first kappa shape index (κ1) is 19.3. The van der Waals surface area contributed by atoms with Crippen LogP contribution in [0.4, 0.5) is 0 Å². The zero-order chi connectivity index (χ0) is 21.0. The molecule has 3 aliphatic rings. The van der Waals surface area contributed by atoms with Crippen LogP contribution in [0.25, 0.3) is 11.0 Å². The number of amides is 1. The number of benzene rings is 1. The molecule has 0 radical (unpaired) electrons. The minimum Gasteiger partial charge on any atom is -0.342 e. The highest BCUT2D eigenvalue weighted by atomic mass is 35.5. The molecule has 1 N–H and O–H groups in total. The summed E-state index contributed by atoms with van der Waals surface area (Å²) >= 11 is 6.07. The number of likely N-dealkylation sites (tertiary alicyclic amines) is 1. The molecule has 1 aromatic carbocycles. The summed E-state index contributed by atoms with van der Waals surface area (Å²) in [6, 6.07) is 5.62. The molecule has 7 nitrogen and oxygen atoms in total. The van der Waals surface area contributed by atoms with Crippen molar-refractivity contribution in [3.05, 3.63) is 41.2 Å². The number of halogens is 1. The van der Waals surface area contributed by atoms with Crippen LogP contribution in [0.3, 0.4) is 0 Å². The second-order valence-corrected chi connectivity index (χ2v) is 10.1. The monoisotopic (exact) mass is 438 g/mol. The van der Waals surface area contributed by atoms with E-state index >= 15 is 0 Å². The molecule has 6 rings (SSSR count). The summed E-state index contributed by atoms with van der Waals surface area (Å²) in [7, 11) is 0. The second kappa shape index (κ2) is 7.33. The number of aromatic amines is 1. The van der Waals surface area contributed by atoms with Crippen LogP contribution in [0.2, 0.25) is 5.02 Å². The highest BCUT2D eigenvalue weighted by Crippen LogP contribution is 2.55. The average Bonchev–Trinajstić information content (AvgIpc) is 3.13. The van der Waals surface area contributed by atoms with Gasteiger partial charge in [-0.1, -0.05) is 18.0 Å². The van der Waals surface area contributed by atoms with E-state index in [2.05, 4.69) is 29.6 Å². The smallest absolute Gasteiger partial charge is 0.223 e. The van der Waals surface area contributed by atoms with Gasteiger partial charge in [-0.25, -0.2) is 4.98 Å². The standard InChI is InChI=1S/C23H27ClN6O/c24-16-4-5-18-19(10-16)27-20(26-18)6-7-21(31)29-12-17(23(13-29)8-1-9-23)22-28-25-14-30(22)11-15-2-3-15/h4-5,10,14-15,17H,1-3,6-9,11-13H2,(H,26,27). The molecule has 2 aliphatic carbocycles. The number of nitrogens with one attached hydrogen (secondary N) is 1. The Hall–Kier alpha value is -2.41. The molecule has 3 heterocycles. The molecule has 1 atom stereocenters. The Morgan fingerprint density at radius 2 is 2.16 bits per heavy atom. The molecule has 31 heavy (non-hydrogen) atoms. The van der Waals surface area contributed by atoms with Gasteiger partial charge in [-0.2, -0.15) is 0 Å². The number of fused-ring (bicyclic) bond motifs is 1. The molecular weight excluding hydrogens is 412 g/mol. The van der Waals surface area contributed by atoms with Crippen LogP contribution in [-0.4, -0.2) is 48.6 Å². The molecule has 1 aliphatic heterocycles. The summed E-state index contributed by atoms with van der Waals surface area (Å²) in [4.78, 5) is 23.1. The van der Waals surface area contributed by atoms with Crippen molar-refractivity contribution in [2.24, 2.45) is 11.3 Å². The van der Waals surface area contributed by atoms with Gasteiger partial charge in [0.2, 0.25) is 5.91 Å². The minimum absolute atomic E-state index is 0.195. The zero-order valence-electron chi connectivity index (χ0n) is 17.6. The Kier molecular flexibility index (Phi) is 4.56. The number of hydrogen-bond donors (Lipinski definition) is 1. The lowest BCUT2D eigenvalue weighted by molar-refractivity contribution is -0.130. The van der Waals surface area contributed by atoms with Crippen LogP contribution in [0.5, 0.6) is 0 Å². The molecule has 8 heteroatoms. The third-order valence-electron chi connectivity index (χ3n) is 7.53. The van der Waals surface area contributed by atoms with Crippen LogP contribution in [0.15, 0.2) is 24.5 Å². The van der Waals surface area contributed by atoms with Gasteiger partial charge >= 0.3 is 0 Å². The number of H-pyrrole nitrogens is 1. The minimum atomic E-state index is 0.195. The van der Waals surface area contributed by atoms with Crippen molar-refractivity contribution < 1.29 is 4.79 Å². The van der Waals surface area contributed by atoms with Gasteiger partial charge in [0.25, 0.3) is 0 Å². The van der Waals surface area contributed by atoms with E-state index in [1.165, 1.54) is 32.1 Å². The Balaban J connectivity index is 1.15. The van der Waals surface area contributed by atoms with E-state index in [1.54, 1.807) is 0 Å². The number of hydrogen-bond acceptors (Lipinski definition) is 4. The van der Waals surface area contributed by atoms with E-state index in [0.29, 0.717) is 23.8 Å². The lowest BCUT2D eigenvalue weighted by atomic mass is 9.62. The average molecular weight is 439 g/mol. The van der Waals surface area contributed by atoms with Crippen LogP contribution in [0, 0.1) is 11.3 Å². The third-order valence-corrected chi connectivity index (χ3v) is 7.76. The first-order chi connectivity index (χ1) is 15.1. The van der Waals surface area contributed by atoms with Gasteiger partial charge in [0, 0.05) is 43.4 Å². The molecule has 1 saturated heterocycles. The van der Waals surface area contributed by atoms with Gasteiger partial charge in [-0.3, -0.25) is 4.79 Å². The Morgan fingerprint density at radius 1 is 1.29 bits per heavy atom. The Morgan fingerprint density at radius 3 is 2.94 bits per heavy atom. The van der Waals surface area contributed by atoms with Crippen molar-refractivity contribution in [1.29, 1.82) is 0 Å². The van der Waals surface area contributed by atoms with Crippen molar-refractivity contribution in [2.75, 3.05) is 13.1 Å². The van der Waals surface area contributed by atoms with Gasteiger partial charge in [0.05, 0.1) is 11.0 Å². The molecular formula is C23H27ClN6O. The van der Waals surface area contributed by atoms with E-state index in [-0.39, 0.29) is 11.3 Å². The second-order valence-electron chi connectivity index (χ2n) is 9.67. The first-order valence-corrected chi connectivity index (χ1v) is 11.8. The first-order valence-electron chi connectivity index (χ1n) is 11.4. The maximum Gasteiger partial charge on any atom is 0.223 e. The van der Waals surface area contributed by atoms with Crippen LogP contribution in [-0.2, 0) is 17.8 Å². The van der Waals surface area contributed by atoms with Gasteiger partial charge in [-0.15, -0.1) is 10.2 Å². The number of imidazole rings is 1. The number of nitrogens with zero attached hydrogens (tertiary/aromatic N) is 5. The highest BCUT2D eigenvalue weighted by Gasteiger charge is 2.53. The van der Waals surface area contributed by atoms with Crippen molar-refractivity contribution in [1.82, 2.24) is 29.6 Å². The van der Waals surface area contributed by atoms with E-state index in [0.717, 1.165) is 48.2 Å². The molecule has 1 unspecified atom stereocenters. The van der Waals surface area contributed by atoms with E-state index < -0.39 is 0 Å². The molecule has 2 saturated carbocycles.